The van der Waals surface area contributed by atoms with Gasteiger partial charge >= 0.3 is 19.8 Å². The van der Waals surface area contributed by atoms with Crippen molar-refractivity contribution in [3.63, 3.8) is 0 Å². The molecule has 0 saturated carbocycles. The third kappa shape index (κ3) is 50.6. The van der Waals surface area contributed by atoms with Crippen LogP contribution >= 0.6 is 7.82 Å². The van der Waals surface area contributed by atoms with Crippen molar-refractivity contribution in [3.05, 3.63) is 12.2 Å². The van der Waals surface area contributed by atoms with Gasteiger partial charge in [-0.3, -0.25) is 18.6 Å². The number of unbranched alkanes of at least 4 members (excludes halogenated alkanes) is 39. The molecule has 0 aliphatic carbocycles. The fourth-order valence-corrected chi connectivity index (χ4v) is 9.20. The number of carboxylic acid groups (broad SMARTS) is 1. The molecule has 0 aromatic heterocycles. The van der Waals surface area contributed by atoms with Gasteiger partial charge in [-0.15, -0.1) is 0 Å². The summed E-state index contributed by atoms with van der Waals surface area (Å²) < 4.78 is 33.6. The van der Waals surface area contributed by atoms with Crippen molar-refractivity contribution >= 4 is 19.8 Å². The molecule has 0 aliphatic rings. The van der Waals surface area contributed by atoms with Crippen LogP contribution in [0.15, 0.2) is 12.2 Å². The van der Waals surface area contributed by atoms with E-state index in [1.807, 2.05) is 0 Å². The van der Waals surface area contributed by atoms with Gasteiger partial charge in [-0.05, 0) is 38.5 Å². The lowest BCUT2D eigenvalue weighted by Crippen LogP contribution is -2.34. The van der Waals surface area contributed by atoms with E-state index in [2.05, 4.69) is 26.0 Å². The van der Waals surface area contributed by atoms with Crippen molar-refractivity contribution in [2.45, 2.75) is 302 Å². The van der Waals surface area contributed by atoms with Gasteiger partial charge in [0.2, 0.25) is 0 Å². The summed E-state index contributed by atoms with van der Waals surface area (Å²) in [6.07, 6.45) is 58.5. The molecule has 10 nitrogen and oxygen atoms in total. The Morgan fingerprint density at radius 2 is 0.788 bits per heavy atom. The first-order valence-corrected chi connectivity index (χ1v) is 29.7. The van der Waals surface area contributed by atoms with Crippen LogP contribution in [0.4, 0.5) is 0 Å². The standard InChI is InChI=1S/C55H108NO9P/c1-3-5-7-9-11-13-15-17-19-21-23-25-26-27-29-31-33-35-37-39-41-43-45-47-54(57)65-52(50-63-66(60,61)64-51-53(56)55(58)59)49-62-48-46-44-42-40-38-36-34-32-30-28-24-22-20-18-16-14-12-10-8-6-4-2/h21,23,52-53H,3-20,22,24-51,56H2,1-2H3,(H,58,59)(H,60,61)/b23-21-. The molecule has 0 fully saturated rings. The van der Waals surface area contributed by atoms with Gasteiger partial charge in [-0.2, -0.15) is 0 Å². The Labute approximate surface area is 407 Å². The molecule has 3 unspecified atom stereocenters. The molecule has 0 radical (unpaired) electrons. The maximum Gasteiger partial charge on any atom is 0.472 e. The minimum absolute atomic E-state index is 0.0238. The fraction of sp³-hybridized carbons (Fsp3) is 0.927. The highest BCUT2D eigenvalue weighted by molar-refractivity contribution is 7.47. The first kappa shape index (κ1) is 64.7. The summed E-state index contributed by atoms with van der Waals surface area (Å²) in [4.78, 5) is 33.8. The lowest BCUT2D eigenvalue weighted by molar-refractivity contribution is -0.154. The zero-order valence-corrected chi connectivity index (χ0v) is 44.2. The molecular weight excluding hydrogens is 850 g/mol. The van der Waals surface area contributed by atoms with E-state index >= 15 is 0 Å². The monoisotopic (exact) mass is 958 g/mol. The molecule has 4 N–H and O–H groups in total. The van der Waals surface area contributed by atoms with E-state index in [1.54, 1.807) is 0 Å². The Bertz CT molecular complexity index is 1110. The van der Waals surface area contributed by atoms with Gasteiger partial charge in [-0.1, -0.05) is 257 Å². The van der Waals surface area contributed by atoms with Crippen LogP contribution < -0.4 is 5.73 Å². The summed E-state index contributed by atoms with van der Waals surface area (Å²) in [5.74, 6) is -1.76. The quantitative estimate of drug-likeness (QED) is 0.0232. The van der Waals surface area contributed by atoms with Crippen molar-refractivity contribution < 1.29 is 42.7 Å². The van der Waals surface area contributed by atoms with Crippen LogP contribution in [0.3, 0.4) is 0 Å². The normalized spacial score (nSPS) is 13.6. The first-order chi connectivity index (χ1) is 32.2. The molecule has 11 heteroatoms. The lowest BCUT2D eigenvalue weighted by Gasteiger charge is -2.20. The minimum Gasteiger partial charge on any atom is -0.480 e. The molecule has 0 bridgehead atoms. The molecule has 0 aliphatic heterocycles. The molecule has 0 aromatic rings. The number of hydrogen-bond donors (Lipinski definition) is 3. The van der Waals surface area contributed by atoms with Crippen LogP contribution in [0.1, 0.15) is 290 Å². The van der Waals surface area contributed by atoms with Gasteiger partial charge in [0.05, 0.1) is 19.8 Å². The van der Waals surface area contributed by atoms with E-state index in [9.17, 15) is 19.0 Å². The molecule has 392 valence electrons. The lowest BCUT2D eigenvalue weighted by atomic mass is 10.0. The van der Waals surface area contributed by atoms with E-state index in [4.69, 9.17) is 29.4 Å². The zero-order chi connectivity index (χ0) is 48.3. The third-order valence-electron chi connectivity index (χ3n) is 12.8. The summed E-state index contributed by atoms with van der Waals surface area (Å²) >= 11 is 0. The van der Waals surface area contributed by atoms with Crippen LogP contribution in [-0.2, 0) is 32.7 Å². The van der Waals surface area contributed by atoms with Gasteiger partial charge < -0.3 is 25.2 Å². The predicted molar refractivity (Wildman–Crippen MR) is 277 cm³/mol. The Morgan fingerprint density at radius 3 is 1.15 bits per heavy atom. The smallest absolute Gasteiger partial charge is 0.472 e. The van der Waals surface area contributed by atoms with Gasteiger partial charge in [0.1, 0.15) is 12.1 Å². The van der Waals surface area contributed by atoms with Crippen molar-refractivity contribution in [2.24, 2.45) is 5.73 Å². The highest BCUT2D eigenvalue weighted by Crippen LogP contribution is 2.43. The molecule has 0 saturated heterocycles. The van der Waals surface area contributed by atoms with E-state index in [0.29, 0.717) is 6.61 Å². The van der Waals surface area contributed by atoms with Crippen LogP contribution in [0.25, 0.3) is 0 Å². The third-order valence-corrected chi connectivity index (χ3v) is 13.7. The van der Waals surface area contributed by atoms with Crippen molar-refractivity contribution in [1.82, 2.24) is 0 Å². The van der Waals surface area contributed by atoms with Gasteiger partial charge in [0.15, 0.2) is 0 Å². The molecule has 0 spiro atoms. The molecule has 66 heavy (non-hydrogen) atoms. The number of phosphoric ester groups is 1. The Morgan fingerprint density at radius 1 is 0.470 bits per heavy atom. The molecule has 0 aromatic carbocycles. The average Bonchev–Trinajstić information content (AvgIpc) is 3.30. The fourth-order valence-electron chi connectivity index (χ4n) is 8.43. The number of allylic oxidation sites excluding steroid dienone is 2. The van der Waals surface area contributed by atoms with Crippen molar-refractivity contribution in [1.29, 1.82) is 0 Å². The van der Waals surface area contributed by atoms with Crippen LogP contribution in [-0.4, -0.2) is 60.5 Å². The van der Waals surface area contributed by atoms with Gasteiger partial charge in [-0.25, -0.2) is 4.57 Å². The highest BCUT2D eigenvalue weighted by atomic mass is 31.2. The van der Waals surface area contributed by atoms with E-state index in [0.717, 1.165) is 38.5 Å². The number of phosphoric acid groups is 1. The maximum absolute atomic E-state index is 12.7. The highest BCUT2D eigenvalue weighted by Gasteiger charge is 2.27. The molecule has 0 rings (SSSR count). The Kier molecular flexibility index (Phi) is 50.5. The SMILES string of the molecule is CCCCCCCCCC/C=C\CCCCCCCCCCCCCC(=O)OC(COCCCCCCCCCCCCCCCCCCCCCCC)COP(=O)(O)OCC(N)C(=O)O. The summed E-state index contributed by atoms with van der Waals surface area (Å²) in [7, 11) is -4.62. The number of esters is 1. The second kappa shape index (κ2) is 51.6. The number of carbonyl (C=O) groups excluding carboxylic acids is 1. The number of hydrogen-bond acceptors (Lipinski definition) is 8. The number of carboxylic acids is 1. The molecule has 3 atom stereocenters. The second-order valence-corrected chi connectivity index (χ2v) is 20.9. The van der Waals surface area contributed by atoms with E-state index in [1.165, 1.54) is 231 Å². The summed E-state index contributed by atoms with van der Waals surface area (Å²) in [6.45, 7) is 3.96. The number of carbonyl (C=O) groups is 2. The summed E-state index contributed by atoms with van der Waals surface area (Å²) in [5.41, 5.74) is 5.39. The molecule has 0 heterocycles. The van der Waals surface area contributed by atoms with Gasteiger partial charge in [0, 0.05) is 13.0 Å². The first-order valence-electron chi connectivity index (χ1n) is 28.2. The van der Waals surface area contributed by atoms with Crippen LogP contribution in [0.5, 0.6) is 0 Å². The zero-order valence-electron chi connectivity index (χ0n) is 43.3. The van der Waals surface area contributed by atoms with Crippen LogP contribution in [0.2, 0.25) is 0 Å². The number of rotatable bonds is 55. The van der Waals surface area contributed by atoms with E-state index < -0.39 is 45.1 Å². The second-order valence-electron chi connectivity index (χ2n) is 19.4. The topological polar surface area (TPSA) is 155 Å². The number of ether oxygens (including phenoxy) is 2. The Hall–Kier alpha value is -1.29. The average molecular weight is 958 g/mol. The summed E-state index contributed by atoms with van der Waals surface area (Å²) in [6, 6.07) is -1.47. The number of aliphatic carboxylic acids is 1. The largest absolute Gasteiger partial charge is 0.480 e. The molecule has 0 amide bonds. The number of nitrogens with two attached hydrogens (primary N) is 1. The predicted octanol–water partition coefficient (Wildman–Crippen LogP) is 16.8. The molecular formula is C55H108NO9P. The maximum atomic E-state index is 12.7. The van der Waals surface area contributed by atoms with Crippen LogP contribution in [0, 0.1) is 0 Å². The van der Waals surface area contributed by atoms with Crippen molar-refractivity contribution in [2.75, 3.05) is 26.4 Å². The van der Waals surface area contributed by atoms with Gasteiger partial charge in [0.25, 0.3) is 0 Å². The minimum atomic E-state index is -4.62. The summed E-state index contributed by atoms with van der Waals surface area (Å²) in [5, 5.41) is 8.95. The van der Waals surface area contributed by atoms with Crippen molar-refractivity contribution in [3.8, 4) is 0 Å². The Balaban J connectivity index is 4.04. The van der Waals surface area contributed by atoms with E-state index in [-0.39, 0.29) is 13.0 Å².